The van der Waals surface area contributed by atoms with Gasteiger partial charge in [-0.25, -0.2) is 4.79 Å². The van der Waals surface area contributed by atoms with Crippen LogP contribution in [0.25, 0.3) is 0 Å². The van der Waals surface area contributed by atoms with Gasteiger partial charge in [0.1, 0.15) is 18.3 Å². The van der Waals surface area contributed by atoms with Crippen LogP contribution in [0.5, 0.6) is 0 Å². The van der Waals surface area contributed by atoms with Crippen LogP contribution in [0.1, 0.15) is 58.8 Å². The van der Waals surface area contributed by atoms with E-state index in [1.54, 1.807) is 7.11 Å². The molecule has 0 spiro atoms. The molecule has 4 heterocycles. The van der Waals surface area contributed by atoms with Gasteiger partial charge in [-0.2, -0.15) is 0 Å². The summed E-state index contributed by atoms with van der Waals surface area (Å²) in [5, 5.41) is 10.8. The molecular formula is C31H44O7. The lowest BCUT2D eigenvalue weighted by molar-refractivity contribution is -0.149. The van der Waals surface area contributed by atoms with Crippen molar-refractivity contribution < 1.29 is 33.6 Å². The first kappa shape index (κ1) is 29.0. The van der Waals surface area contributed by atoms with Crippen molar-refractivity contribution in [3.8, 4) is 0 Å². The van der Waals surface area contributed by atoms with E-state index in [2.05, 4.69) is 38.7 Å². The minimum absolute atomic E-state index is 0.0417. The summed E-state index contributed by atoms with van der Waals surface area (Å²) in [5.41, 5.74) is 2.30. The lowest BCUT2D eigenvalue weighted by Gasteiger charge is -2.28. The number of carbonyl (C=O) groups excluding carboxylic acids is 1. The third-order valence-corrected chi connectivity index (χ3v) is 7.69. The molecule has 0 aliphatic carbocycles. The molecule has 0 aromatic rings. The standard InChI is InChI=1S/C31H44O7/c1-20-13-14-35-24(16-20)11-12-27(34-4)28-19-29-31(38-29)26(32)18-22(3)15-21(2)17-25-9-5-7-23(36-25)8-6-10-30(33)37-28/h5-7,10-13,21,23-29,31-32H,3,8-9,14-19H2,1-2,4H3/b10-6-,12-11+/t21-,23-,24+,25-,26-,27-,28-,29-,31?/m0/s1. The Morgan fingerprint density at radius 1 is 1.16 bits per heavy atom. The molecule has 0 aromatic heterocycles. The van der Waals surface area contributed by atoms with Crippen molar-refractivity contribution >= 4 is 5.97 Å². The van der Waals surface area contributed by atoms with Gasteiger partial charge in [0.05, 0.1) is 37.1 Å². The Hall–Kier alpha value is -2.03. The van der Waals surface area contributed by atoms with Crippen molar-refractivity contribution in [1.29, 1.82) is 0 Å². The first-order valence-electron chi connectivity index (χ1n) is 14.0. The van der Waals surface area contributed by atoms with Crippen molar-refractivity contribution in [2.24, 2.45) is 5.92 Å². The Balaban J connectivity index is 1.47. The van der Waals surface area contributed by atoms with Gasteiger partial charge in [-0.1, -0.05) is 61.1 Å². The second-order valence-electron chi connectivity index (χ2n) is 11.2. The second-order valence-corrected chi connectivity index (χ2v) is 11.2. The third kappa shape index (κ3) is 8.75. The molecule has 4 rings (SSSR count). The number of methoxy groups -OCH3 is 1. The van der Waals surface area contributed by atoms with Crippen LogP contribution in [-0.4, -0.2) is 73.6 Å². The van der Waals surface area contributed by atoms with E-state index in [0.29, 0.717) is 31.8 Å². The lowest BCUT2D eigenvalue weighted by Crippen LogP contribution is -2.34. The third-order valence-electron chi connectivity index (χ3n) is 7.69. The van der Waals surface area contributed by atoms with E-state index in [9.17, 15) is 9.90 Å². The average molecular weight is 529 g/mol. The number of hydrogen-bond acceptors (Lipinski definition) is 7. The van der Waals surface area contributed by atoms with E-state index in [0.717, 1.165) is 31.3 Å². The molecule has 2 bridgehead atoms. The number of aliphatic hydroxyl groups is 1. The van der Waals surface area contributed by atoms with Crippen molar-refractivity contribution in [3.05, 3.63) is 60.3 Å². The SMILES string of the molecule is C=C1C[C@H](C)C[C@@H]2CC=C[C@@H](C/C=C\C(=O)O[C@H]([C@H](/C=C/[C@@H]3CC(C)=CCO3)OC)C[C@@H]3OC3[C@@H](O)C1)O2. The first-order valence-corrected chi connectivity index (χ1v) is 14.0. The van der Waals surface area contributed by atoms with Gasteiger partial charge in [-0.3, -0.25) is 0 Å². The smallest absolute Gasteiger partial charge is 0.330 e. The molecule has 0 amide bonds. The van der Waals surface area contributed by atoms with E-state index < -0.39 is 24.3 Å². The van der Waals surface area contributed by atoms with E-state index in [1.165, 1.54) is 11.6 Å². The number of epoxide rings is 1. The molecule has 0 aromatic carbocycles. The highest BCUT2D eigenvalue weighted by Crippen LogP contribution is 2.35. The fourth-order valence-electron chi connectivity index (χ4n) is 5.67. The minimum Gasteiger partial charge on any atom is -0.456 e. The topological polar surface area (TPSA) is 86.8 Å². The summed E-state index contributed by atoms with van der Waals surface area (Å²) < 4.78 is 29.6. The van der Waals surface area contributed by atoms with Gasteiger partial charge in [0.2, 0.25) is 0 Å². The van der Waals surface area contributed by atoms with Crippen LogP contribution in [0.2, 0.25) is 0 Å². The number of esters is 1. The molecule has 1 fully saturated rings. The highest BCUT2D eigenvalue weighted by Gasteiger charge is 2.47. The Morgan fingerprint density at radius 2 is 2.00 bits per heavy atom. The molecule has 9 atom stereocenters. The summed E-state index contributed by atoms with van der Waals surface area (Å²) in [5.74, 6) is -0.0337. The molecule has 4 aliphatic heterocycles. The molecule has 1 saturated heterocycles. The fourth-order valence-corrected chi connectivity index (χ4v) is 5.67. The Labute approximate surface area is 227 Å². The maximum Gasteiger partial charge on any atom is 0.330 e. The number of fused-ring (bicyclic) bond motifs is 3. The van der Waals surface area contributed by atoms with Gasteiger partial charge in [-0.05, 0) is 51.4 Å². The van der Waals surface area contributed by atoms with Crippen molar-refractivity contribution in [2.45, 2.75) is 108 Å². The van der Waals surface area contributed by atoms with Crippen LogP contribution in [0.3, 0.4) is 0 Å². The molecule has 38 heavy (non-hydrogen) atoms. The Morgan fingerprint density at radius 3 is 2.79 bits per heavy atom. The van der Waals surface area contributed by atoms with E-state index >= 15 is 0 Å². The van der Waals surface area contributed by atoms with Crippen LogP contribution in [0.15, 0.2) is 60.3 Å². The average Bonchev–Trinajstić information content (AvgIpc) is 3.63. The zero-order chi connectivity index (χ0) is 27.1. The van der Waals surface area contributed by atoms with Crippen LogP contribution in [0.4, 0.5) is 0 Å². The molecule has 1 unspecified atom stereocenters. The molecule has 4 aliphatic rings. The van der Waals surface area contributed by atoms with Crippen LogP contribution in [0, 0.1) is 5.92 Å². The number of hydrogen-bond donors (Lipinski definition) is 1. The molecule has 210 valence electrons. The number of ether oxygens (including phenoxy) is 5. The highest BCUT2D eigenvalue weighted by molar-refractivity contribution is 5.82. The zero-order valence-corrected chi connectivity index (χ0v) is 23.0. The lowest BCUT2D eigenvalue weighted by atomic mass is 9.91. The largest absolute Gasteiger partial charge is 0.456 e. The highest BCUT2D eigenvalue weighted by atomic mass is 16.6. The van der Waals surface area contributed by atoms with Gasteiger partial charge in [0.15, 0.2) is 0 Å². The summed E-state index contributed by atoms with van der Waals surface area (Å²) in [6.45, 7) is 9.11. The van der Waals surface area contributed by atoms with Crippen LogP contribution >= 0.6 is 0 Å². The van der Waals surface area contributed by atoms with E-state index in [-0.39, 0.29) is 30.5 Å². The summed E-state index contributed by atoms with van der Waals surface area (Å²) in [6, 6.07) is 0. The molecule has 0 saturated carbocycles. The van der Waals surface area contributed by atoms with Gasteiger partial charge >= 0.3 is 5.97 Å². The van der Waals surface area contributed by atoms with Crippen LogP contribution < -0.4 is 0 Å². The summed E-state index contributed by atoms with van der Waals surface area (Å²) in [6.07, 6.45) is 16.3. The summed E-state index contributed by atoms with van der Waals surface area (Å²) in [7, 11) is 1.60. The number of cyclic esters (lactones) is 1. The quantitative estimate of drug-likeness (QED) is 0.320. The van der Waals surface area contributed by atoms with Gasteiger partial charge in [0.25, 0.3) is 0 Å². The molecule has 0 radical (unpaired) electrons. The maximum absolute atomic E-state index is 12.8. The normalized spacial score (nSPS) is 38.9. The van der Waals surface area contributed by atoms with Crippen molar-refractivity contribution in [3.63, 3.8) is 0 Å². The van der Waals surface area contributed by atoms with Gasteiger partial charge in [0, 0.05) is 19.6 Å². The molecular weight excluding hydrogens is 484 g/mol. The molecule has 7 nitrogen and oxygen atoms in total. The van der Waals surface area contributed by atoms with E-state index in [4.69, 9.17) is 23.7 Å². The maximum atomic E-state index is 12.8. The molecule has 7 heteroatoms. The van der Waals surface area contributed by atoms with Gasteiger partial charge < -0.3 is 28.8 Å². The predicted molar refractivity (Wildman–Crippen MR) is 146 cm³/mol. The monoisotopic (exact) mass is 528 g/mol. The fraction of sp³-hybridized carbons (Fsp3) is 0.645. The minimum atomic E-state index is -0.644. The Kier molecular flexibility index (Phi) is 10.6. The zero-order valence-electron chi connectivity index (χ0n) is 23.0. The first-order chi connectivity index (χ1) is 18.3. The number of aliphatic hydroxyl groups excluding tert-OH is 1. The molecule has 1 N–H and O–H groups in total. The number of rotatable bonds is 4. The van der Waals surface area contributed by atoms with Crippen molar-refractivity contribution in [1.82, 2.24) is 0 Å². The predicted octanol–water partition coefficient (Wildman–Crippen LogP) is 4.76. The number of carbonyl (C=O) groups is 1. The Bertz CT molecular complexity index is 935. The van der Waals surface area contributed by atoms with E-state index in [1.807, 2.05) is 18.2 Å². The van der Waals surface area contributed by atoms with Crippen LogP contribution in [-0.2, 0) is 28.5 Å². The second kappa shape index (κ2) is 13.9. The van der Waals surface area contributed by atoms with Crippen molar-refractivity contribution in [2.75, 3.05) is 13.7 Å². The summed E-state index contributed by atoms with van der Waals surface area (Å²) in [4.78, 5) is 12.8. The summed E-state index contributed by atoms with van der Waals surface area (Å²) >= 11 is 0. The van der Waals surface area contributed by atoms with Gasteiger partial charge in [-0.15, -0.1) is 0 Å².